The minimum absolute atomic E-state index is 0.0602. The Morgan fingerprint density at radius 2 is 2.11 bits per heavy atom. The van der Waals surface area contributed by atoms with Crippen LogP contribution >= 0.6 is 11.3 Å². The molecule has 0 amide bonds. The highest BCUT2D eigenvalue weighted by molar-refractivity contribution is 7.10. The van der Waals surface area contributed by atoms with Crippen LogP contribution in [0.5, 0.6) is 0 Å². The average molecular weight is 270 g/mol. The van der Waals surface area contributed by atoms with Gasteiger partial charge in [0.05, 0.1) is 11.3 Å². The van der Waals surface area contributed by atoms with Crippen molar-refractivity contribution >= 4 is 17.0 Å². The van der Waals surface area contributed by atoms with Gasteiger partial charge in [-0.15, -0.1) is 11.3 Å². The van der Waals surface area contributed by atoms with Gasteiger partial charge in [0.15, 0.2) is 0 Å². The summed E-state index contributed by atoms with van der Waals surface area (Å²) in [7, 11) is 0. The van der Waals surface area contributed by atoms with E-state index in [4.69, 9.17) is 5.26 Å². The Balaban J connectivity index is 2.15. The van der Waals surface area contributed by atoms with Gasteiger partial charge in [-0.1, -0.05) is 26.0 Å². The fourth-order valence-electron chi connectivity index (χ4n) is 1.97. The normalized spacial score (nSPS) is 11.1. The third-order valence-corrected chi connectivity index (χ3v) is 4.44. The summed E-state index contributed by atoms with van der Waals surface area (Å²) in [6, 6.07) is 12.3. The predicted molar refractivity (Wildman–Crippen MR) is 81.7 cm³/mol. The second-order valence-corrected chi connectivity index (χ2v) is 6.32. The minimum atomic E-state index is 0.0602. The van der Waals surface area contributed by atoms with Gasteiger partial charge in [-0.3, -0.25) is 0 Å². The zero-order valence-corrected chi connectivity index (χ0v) is 12.3. The molecule has 3 heteroatoms. The van der Waals surface area contributed by atoms with Crippen LogP contribution in [0.4, 0.5) is 5.69 Å². The molecule has 0 saturated carbocycles. The van der Waals surface area contributed by atoms with E-state index in [9.17, 15) is 0 Å². The van der Waals surface area contributed by atoms with Gasteiger partial charge >= 0.3 is 0 Å². The Hall–Kier alpha value is -1.79. The predicted octanol–water partition coefficient (Wildman–Crippen LogP) is 4.32. The SMILES string of the molecule is Cc1ccc(C#N)c(NCC(C)(C)c2cccs2)c1. The Bertz CT molecular complexity index is 592. The van der Waals surface area contributed by atoms with Gasteiger partial charge in [-0.05, 0) is 36.1 Å². The molecule has 0 radical (unpaired) electrons. The van der Waals surface area contributed by atoms with Gasteiger partial charge in [-0.2, -0.15) is 5.26 Å². The summed E-state index contributed by atoms with van der Waals surface area (Å²) >= 11 is 1.77. The van der Waals surface area contributed by atoms with Crippen molar-refractivity contribution in [3.8, 4) is 6.07 Å². The van der Waals surface area contributed by atoms with Crippen molar-refractivity contribution < 1.29 is 0 Å². The fraction of sp³-hybridized carbons (Fsp3) is 0.312. The van der Waals surface area contributed by atoms with Crippen molar-refractivity contribution in [2.75, 3.05) is 11.9 Å². The number of hydrogen-bond acceptors (Lipinski definition) is 3. The van der Waals surface area contributed by atoms with Crippen molar-refractivity contribution in [1.29, 1.82) is 5.26 Å². The molecule has 1 heterocycles. The molecule has 2 rings (SSSR count). The van der Waals surface area contributed by atoms with Gasteiger partial charge < -0.3 is 5.32 Å². The van der Waals surface area contributed by atoms with Crippen molar-refractivity contribution in [3.63, 3.8) is 0 Å². The molecule has 19 heavy (non-hydrogen) atoms. The highest BCUT2D eigenvalue weighted by Crippen LogP contribution is 2.28. The van der Waals surface area contributed by atoms with Crippen LogP contribution in [0.15, 0.2) is 35.7 Å². The quantitative estimate of drug-likeness (QED) is 0.898. The maximum Gasteiger partial charge on any atom is 0.101 e. The molecular weight excluding hydrogens is 252 g/mol. The van der Waals surface area contributed by atoms with E-state index in [1.165, 1.54) is 4.88 Å². The molecule has 0 fully saturated rings. The van der Waals surface area contributed by atoms with Crippen LogP contribution in [0, 0.1) is 18.3 Å². The second kappa shape index (κ2) is 5.46. The number of nitriles is 1. The molecule has 0 aliphatic heterocycles. The largest absolute Gasteiger partial charge is 0.383 e. The van der Waals surface area contributed by atoms with Crippen molar-refractivity contribution in [1.82, 2.24) is 0 Å². The van der Waals surface area contributed by atoms with Crippen LogP contribution in [-0.2, 0) is 5.41 Å². The first-order valence-corrected chi connectivity index (χ1v) is 7.19. The average Bonchev–Trinajstić information content (AvgIpc) is 2.91. The highest BCUT2D eigenvalue weighted by Gasteiger charge is 2.21. The van der Waals surface area contributed by atoms with Crippen molar-refractivity contribution in [2.24, 2.45) is 0 Å². The van der Waals surface area contributed by atoms with Crippen LogP contribution in [0.2, 0.25) is 0 Å². The zero-order chi connectivity index (χ0) is 13.9. The van der Waals surface area contributed by atoms with Gasteiger partial charge in [-0.25, -0.2) is 0 Å². The summed E-state index contributed by atoms with van der Waals surface area (Å²) in [5.74, 6) is 0. The lowest BCUT2D eigenvalue weighted by atomic mass is 9.91. The monoisotopic (exact) mass is 270 g/mol. The Morgan fingerprint density at radius 1 is 1.32 bits per heavy atom. The lowest BCUT2D eigenvalue weighted by Crippen LogP contribution is -2.26. The molecule has 1 aromatic carbocycles. The number of nitrogens with zero attached hydrogens (tertiary/aromatic N) is 1. The van der Waals surface area contributed by atoms with Crippen molar-refractivity contribution in [2.45, 2.75) is 26.2 Å². The Morgan fingerprint density at radius 3 is 2.74 bits per heavy atom. The number of benzene rings is 1. The fourth-order valence-corrected chi connectivity index (χ4v) is 2.82. The first-order chi connectivity index (χ1) is 9.03. The maximum atomic E-state index is 9.13. The first kappa shape index (κ1) is 13.6. The minimum Gasteiger partial charge on any atom is -0.383 e. The van der Waals surface area contributed by atoms with Gasteiger partial charge in [0, 0.05) is 16.8 Å². The van der Waals surface area contributed by atoms with Crippen LogP contribution in [0.25, 0.3) is 0 Å². The molecule has 1 N–H and O–H groups in total. The lowest BCUT2D eigenvalue weighted by Gasteiger charge is -2.24. The summed E-state index contributed by atoms with van der Waals surface area (Å²) in [5.41, 5.74) is 2.85. The smallest absolute Gasteiger partial charge is 0.101 e. The van der Waals surface area contributed by atoms with E-state index in [1.54, 1.807) is 11.3 Å². The molecule has 0 unspecified atom stereocenters. The van der Waals surface area contributed by atoms with Gasteiger partial charge in [0.1, 0.15) is 6.07 Å². The third kappa shape index (κ3) is 3.15. The molecule has 0 saturated heterocycles. The number of nitrogens with one attached hydrogen (secondary N) is 1. The van der Waals surface area contributed by atoms with E-state index in [0.717, 1.165) is 17.8 Å². The summed E-state index contributed by atoms with van der Waals surface area (Å²) in [6.07, 6.45) is 0. The van der Waals surface area contributed by atoms with Crippen LogP contribution in [0.1, 0.15) is 29.9 Å². The van der Waals surface area contributed by atoms with Crippen LogP contribution < -0.4 is 5.32 Å². The summed E-state index contributed by atoms with van der Waals surface area (Å²) < 4.78 is 0. The topological polar surface area (TPSA) is 35.8 Å². The number of anilines is 1. The molecule has 98 valence electrons. The van der Waals surface area contributed by atoms with E-state index < -0.39 is 0 Å². The molecule has 2 nitrogen and oxygen atoms in total. The molecule has 0 bridgehead atoms. The number of thiophene rings is 1. The second-order valence-electron chi connectivity index (χ2n) is 5.38. The maximum absolute atomic E-state index is 9.13. The number of aryl methyl sites for hydroxylation is 1. The Kier molecular flexibility index (Phi) is 3.92. The number of rotatable bonds is 4. The lowest BCUT2D eigenvalue weighted by molar-refractivity contribution is 0.569. The van der Waals surface area contributed by atoms with E-state index in [2.05, 4.69) is 42.7 Å². The molecular formula is C16H18N2S. The van der Waals surface area contributed by atoms with Gasteiger partial charge in [0.2, 0.25) is 0 Å². The summed E-state index contributed by atoms with van der Waals surface area (Å²) in [5, 5.41) is 14.7. The van der Waals surface area contributed by atoms with E-state index in [-0.39, 0.29) is 5.41 Å². The Labute approximate surface area is 118 Å². The van der Waals surface area contributed by atoms with E-state index in [0.29, 0.717) is 5.56 Å². The molecule has 0 aliphatic rings. The number of hydrogen-bond donors (Lipinski definition) is 1. The van der Waals surface area contributed by atoms with Crippen molar-refractivity contribution in [3.05, 3.63) is 51.7 Å². The van der Waals surface area contributed by atoms with Crippen LogP contribution in [-0.4, -0.2) is 6.54 Å². The molecule has 0 atom stereocenters. The first-order valence-electron chi connectivity index (χ1n) is 6.31. The molecule has 2 aromatic rings. The molecule has 0 spiro atoms. The summed E-state index contributed by atoms with van der Waals surface area (Å²) in [6.45, 7) is 7.28. The zero-order valence-electron chi connectivity index (χ0n) is 11.5. The van der Waals surface area contributed by atoms with E-state index >= 15 is 0 Å². The summed E-state index contributed by atoms with van der Waals surface area (Å²) in [4.78, 5) is 1.35. The van der Waals surface area contributed by atoms with E-state index in [1.807, 2.05) is 25.1 Å². The van der Waals surface area contributed by atoms with Crippen LogP contribution in [0.3, 0.4) is 0 Å². The van der Waals surface area contributed by atoms with Gasteiger partial charge in [0.25, 0.3) is 0 Å². The third-order valence-electron chi connectivity index (χ3n) is 3.20. The standard InChI is InChI=1S/C16H18N2S/c1-12-6-7-13(10-17)14(9-12)18-11-16(2,3)15-5-4-8-19-15/h4-9,18H,11H2,1-3H3. The molecule has 0 aliphatic carbocycles. The molecule has 1 aromatic heterocycles. The highest BCUT2D eigenvalue weighted by atomic mass is 32.1.